The molecule has 2 saturated heterocycles. The van der Waals surface area contributed by atoms with Crippen LogP contribution in [0.1, 0.15) is 15.9 Å². The summed E-state index contributed by atoms with van der Waals surface area (Å²) in [5.41, 5.74) is 7.08. The van der Waals surface area contributed by atoms with Crippen LogP contribution in [0.3, 0.4) is 0 Å². The van der Waals surface area contributed by atoms with Crippen molar-refractivity contribution < 1.29 is 23.9 Å². The number of hydrogen-bond acceptors (Lipinski definition) is 6. The molecule has 2 bridgehead atoms. The Balaban J connectivity index is 1.52. The lowest BCUT2D eigenvalue weighted by Gasteiger charge is -2.27. The molecule has 136 valence electrons. The molecule has 0 spiro atoms. The lowest BCUT2D eigenvalue weighted by molar-refractivity contribution is -0.145. The van der Waals surface area contributed by atoms with Crippen LogP contribution >= 0.6 is 0 Å². The van der Waals surface area contributed by atoms with Crippen molar-refractivity contribution in [2.24, 2.45) is 17.6 Å². The number of imide groups is 1. The van der Waals surface area contributed by atoms with E-state index in [0.717, 1.165) is 11.8 Å². The molecule has 3 aliphatic heterocycles. The number of likely N-dealkylation sites (tertiary alicyclic amines) is 1. The van der Waals surface area contributed by atoms with Crippen molar-refractivity contribution in [1.82, 2.24) is 4.90 Å². The lowest BCUT2D eigenvalue weighted by atomic mass is 9.85. The summed E-state index contributed by atoms with van der Waals surface area (Å²) < 4.78 is 11.4. The van der Waals surface area contributed by atoms with Gasteiger partial charge >= 0.3 is 0 Å². The molecule has 0 aromatic heterocycles. The van der Waals surface area contributed by atoms with Gasteiger partial charge in [0.1, 0.15) is 12.4 Å². The van der Waals surface area contributed by atoms with Crippen LogP contribution < -0.4 is 10.5 Å². The molecule has 7 heteroatoms. The third kappa shape index (κ3) is 2.39. The van der Waals surface area contributed by atoms with Gasteiger partial charge < -0.3 is 15.2 Å². The number of hydrogen-bond donors (Lipinski definition) is 1. The van der Waals surface area contributed by atoms with Gasteiger partial charge in [-0.05, 0) is 18.6 Å². The fourth-order valence-electron chi connectivity index (χ4n) is 4.05. The molecule has 1 aromatic carbocycles. The number of carbonyl (C=O) groups is 3. The maximum Gasteiger partial charge on any atom is 0.236 e. The van der Waals surface area contributed by atoms with Crippen LogP contribution in [0.15, 0.2) is 30.4 Å². The summed E-state index contributed by atoms with van der Waals surface area (Å²) in [4.78, 5) is 38.1. The molecule has 7 nitrogen and oxygen atoms in total. The van der Waals surface area contributed by atoms with Crippen LogP contribution in [0.2, 0.25) is 0 Å². The summed E-state index contributed by atoms with van der Waals surface area (Å²) in [7, 11) is 0. The summed E-state index contributed by atoms with van der Waals surface area (Å²) in [6.45, 7) is 1.94. The highest BCUT2D eigenvalue weighted by molar-refractivity contribution is 6.07. The van der Waals surface area contributed by atoms with Crippen LogP contribution in [-0.4, -0.2) is 54.4 Å². The predicted molar refractivity (Wildman–Crippen MR) is 91.5 cm³/mol. The number of benzene rings is 1. The topological polar surface area (TPSA) is 98.9 Å². The van der Waals surface area contributed by atoms with E-state index in [1.165, 1.54) is 4.90 Å². The molecule has 1 aromatic rings. The maximum absolute atomic E-state index is 12.8. The second-order valence-corrected chi connectivity index (χ2v) is 6.85. The predicted octanol–water partition coefficient (Wildman–Crippen LogP) is 0.452. The highest BCUT2D eigenvalue weighted by Crippen LogP contribution is 2.45. The van der Waals surface area contributed by atoms with E-state index in [9.17, 15) is 14.4 Å². The molecule has 5 unspecified atom stereocenters. The van der Waals surface area contributed by atoms with E-state index in [1.807, 2.05) is 25.1 Å². The molecule has 2 amide bonds. The van der Waals surface area contributed by atoms with E-state index in [2.05, 4.69) is 0 Å². The number of nitrogens with two attached hydrogens (primary N) is 1. The van der Waals surface area contributed by atoms with E-state index >= 15 is 0 Å². The van der Waals surface area contributed by atoms with Crippen LogP contribution in [-0.2, 0) is 14.3 Å². The number of nitrogens with zero attached hydrogens (tertiary/aromatic N) is 1. The molecule has 0 radical (unpaired) electrons. The summed E-state index contributed by atoms with van der Waals surface area (Å²) in [5.74, 6) is -1.01. The molecule has 3 heterocycles. The summed E-state index contributed by atoms with van der Waals surface area (Å²) >= 11 is 0. The standard InChI is InChI=1S/C19H20N2O5/c1-10-3-2-4-13(12(10)8-22)25-9-11(7-20)21-18(23)16-14-5-6-15(26-14)17(16)19(21)24/h2-6,8,11,14-17H,7,9,20H2,1H3. The summed E-state index contributed by atoms with van der Waals surface area (Å²) in [6, 6.07) is 4.70. The van der Waals surface area contributed by atoms with Gasteiger partial charge in [-0.3, -0.25) is 19.3 Å². The van der Waals surface area contributed by atoms with Gasteiger partial charge in [-0.1, -0.05) is 24.3 Å². The van der Waals surface area contributed by atoms with Crippen molar-refractivity contribution in [1.29, 1.82) is 0 Å². The number of ether oxygens (including phenoxy) is 2. The van der Waals surface area contributed by atoms with E-state index in [0.29, 0.717) is 11.3 Å². The van der Waals surface area contributed by atoms with E-state index < -0.39 is 17.9 Å². The molecule has 4 rings (SSSR count). The Morgan fingerprint density at radius 1 is 1.23 bits per heavy atom. The zero-order valence-electron chi connectivity index (χ0n) is 14.3. The first-order chi connectivity index (χ1) is 12.6. The minimum atomic E-state index is -0.583. The zero-order valence-corrected chi connectivity index (χ0v) is 14.3. The SMILES string of the molecule is Cc1cccc(OCC(CN)N2C(=O)C3C4C=CC(O4)C3C2=O)c1C=O. The van der Waals surface area contributed by atoms with Gasteiger partial charge in [0.25, 0.3) is 0 Å². The highest BCUT2D eigenvalue weighted by Gasteiger charge is 2.61. The Kier molecular flexibility index (Phi) is 4.13. The molecule has 26 heavy (non-hydrogen) atoms. The summed E-state index contributed by atoms with van der Waals surface area (Å²) in [5, 5.41) is 0. The highest BCUT2D eigenvalue weighted by atomic mass is 16.5. The molecule has 2 N–H and O–H groups in total. The minimum absolute atomic E-state index is 0.0430. The maximum atomic E-state index is 12.8. The van der Waals surface area contributed by atoms with Gasteiger partial charge in [-0.15, -0.1) is 0 Å². The molecule has 5 atom stereocenters. The van der Waals surface area contributed by atoms with Crippen molar-refractivity contribution in [2.45, 2.75) is 25.2 Å². The molecule has 3 aliphatic rings. The number of rotatable bonds is 6. The van der Waals surface area contributed by atoms with Gasteiger partial charge in [-0.25, -0.2) is 0 Å². The minimum Gasteiger partial charge on any atom is -0.491 e. The first kappa shape index (κ1) is 16.9. The average molecular weight is 356 g/mol. The van der Waals surface area contributed by atoms with Crippen LogP contribution in [0.5, 0.6) is 5.75 Å². The number of aldehydes is 1. The van der Waals surface area contributed by atoms with Crippen LogP contribution in [0, 0.1) is 18.8 Å². The first-order valence-corrected chi connectivity index (χ1v) is 8.65. The van der Waals surface area contributed by atoms with E-state index in [1.54, 1.807) is 12.1 Å². The van der Waals surface area contributed by atoms with Crippen LogP contribution in [0.4, 0.5) is 0 Å². The van der Waals surface area contributed by atoms with Crippen molar-refractivity contribution in [3.63, 3.8) is 0 Å². The lowest BCUT2D eigenvalue weighted by Crippen LogP contribution is -2.49. The summed E-state index contributed by atoms with van der Waals surface area (Å²) in [6.07, 6.45) is 3.77. The Hall–Kier alpha value is -2.51. The molecule has 0 saturated carbocycles. The second-order valence-electron chi connectivity index (χ2n) is 6.85. The van der Waals surface area contributed by atoms with Gasteiger partial charge in [0.05, 0.1) is 35.6 Å². The average Bonchev–Trinajstić information content (AvgIpc) is 3.31. The Morgan fingerprint density at radius 3 is 2.46 bits per heavy atom. The Morgan fingerprint density at radius 2 is 1.88 bits per heavy atom. The first-order valence-electron chi connectivity index (χ1n) is 8.65. The number of fused-ring (bicyclic) bond motifs is 5. The second kappa shape index (κ2) is 6.34. The number of amides is 2. The normalized spacial score (nSPS) is 30.0. The Labute approximate surface area is 150 Å². The monoisotopic (exact) mass is 356 g/mol. The largest absolute Gasteiger partial charge is 0.491 e. The van der Waals surface area contributed by atoms with Crippen molar-refractivity contribution in [2.75, 3.05) is 13.2 Å². The fourth-order valence-corrected chi connectivity index (χ4v) is 4.05. The van der Waals surface area contributed by atoms with Crippen molar-refractivity contribution in [3.05, 3.63) is 41.5 Å². The number of aryl methyl sites for hydroxylation is 1. The molecular formula is C19H20N2O5. The van der Waals surface area contributed by atoms with Crippen LogP contribution in [0.25, 0.3) is 0 Å². The zero-order chi connectivity index (χ0) is 18.4. The van der Waals surface area contributed by atoms with E-state index in [4.69, 9.17) is 15.2 Å². The van der Waals surface area contributed by atoms with Gasteiger partial charge in [0, 0.05) is 6.54 Å². The third-order valence-electron chi connectivity index (χ3n) is 5.42. The number of carbonyl (C=O) groups excluding carboxylic acids is 3. The van der Waals surface area contributed by atoms with Gasteiger partial charge in [-0.2, -0.15) is 0 Å². The van der Waals surface area contributed by atoms with Crippen molar-refractivity contribution >= 4 is 18.1 Å². The smallest absolute Gasteiger partial charge is 0.236 e. The third-order valence-corrected chi connectivity index (χ3v) is 5.42. The van der Waals surface area contributed by atoms with E-state index in [-0.39, 0.29) is 37.2 Å². The molecule has 2 fully saturated rings. The van der Waals surface area contributed by atoms with Gasteiger partial charge in [0.15, 0.2) is 6.29 Å². The quantitative estimate of drug-likeness (QED) is 0.451. The molecular weight excluding hydrogens is 336 g/mol. The Bertz CT molecular complexity index is 775. The van der Waals surface area contributed by atoms with Crippen molar-refractivity contribution in [3.8, 4) is 5.75 Å². The molecule has 0 aliphatic carbocycles. The fraction of sp³-hybridized carbons (Fsp3) is 0.421. The van der Waals surface area contributed by atoms with Gasteiger partial charge in [0.2, 0.25) is 11.8 Å².